The molecule has 1 aliphatic heterocycles. The fourth-order valence-electron chi connectivity index (χ4n) is 2.17. The summed E-state index contributed by atoms with van der Waals surface area (Å²) in [5.41, 5.74) is 0.923. The Morgan fingerprint density at radius 2 is 2.05 bits per heavy atom. The highest BCUT2D eigenvalue weighted by molar-refractivity contribution is 6.02. The average Bonchev–Trinajstić information content (AvgIpc) is 2.30. The Morgan fingerprint density at radius 3 is 2.68 bits per heavy atom. The van der Waals surface area contributed by atoms with Crippen LogP contribution in [0.3, 0.4) is 0 Å². The van der Waals surface area contributed by atoms with Crippen LogP contribution in [0.5, 0.6) is 5.75 Å². The van der Waals surface area contributed by atoms with Crippen LogP contribution in [0.2, 0.25) is 0 Å². The van der Waals surface area contributed by atoms with Crippen molar-refractivity contribution in [3.05, 3.63) is 23.8 Å². The van der Waals surface area contributed by atoms with Gasteiger partial charge in [-0.25, -0.2) is 0 Å². The van der Waals surface area contributed by atoms with Crippen LogP contribution in [0.25, 0.3) is 0 Å². The minimum absolute atomic E-state index is 0.0753. The summed E-state index contributed by atoms with van der Waals surface area (Å²) >= 11 is 0. The topological polar surface area (TPSA) is 46.6 Å². The lowest BCUT2D eigenvalue weighted by molar-refractivity contribution is -0.132. The van der Waals surface area contributed by atoms with E-state index in [2.05, 4.69) is 0 Å². The summed E-state index contributed by atoms with van der Waals surface area (Å²) in [5, 5.41) is 0. The lowest BCUT2D eigenvalue weighted by atomic mass is 10.0. The third kappa shape index (κ3) is 2.62. The molecule has 4 nitrogen and oxygen atoms in total. The van der Waals surface area contributed by atoms with Crippen LogP contribution in [0, 0.1) is 6.92 Å². The molecule has 0 unspecified atom stereocenters. The van der Waals surface area contributed by atoms with Crippen LogP contribution in [-0.2, 0) is 9.59 Å². The van der Waals surface area contributed by atoms with E-state index >= 15 is 0 Å². The number of aryl methyl sites for hydroxylation is 1. The fourth-order valence-corrected chi connectivity index (χ4v) is 2.17. The molecule has 2 rings (SSSR count). The van der Waals surface area contributed by atoms with Crippen molar-refractivity contribution >= 4 is 17.4 Å². The number of benzene rings is 1. The van der Waals surface area contributed by atoms with Gasteiger partial charge < -0.3 is 9.64 Å². The first kappa shape index (κ1) is 13.6. The van der Waals surface area contributed by atoms with E-state index < -0.39 is 5.60 Å². The molecular weight excluding hydrogens is 242 g/mol. The number of ketones is 1. The maximum absolute atomic E-state index is 12.4. The van der Waals surface area contributed by atoms with Crippen molar-refractivity contribution in [3.8, 4) is 5.75 Å². The highest BCUT2D eigenvalue weighted by Gasteiger charge is 2.40. The lowest BCUT2D eigenvalue weighted by Crippen LogP contribution is -2.53. The first-order valence-corrected chi connectivity index (χ1v) is 6.42. The highest BCUT2D eigenvalue weighted by Crippen LogP contribution is 2.38. The summed E-state index contributed by atoms with van der Waals surface area (Å²) in [4.78, 5) is 25.2. The third-order valence-corrected chi connectivity index (χ3v) is 3.22. The summed E-state index contributed by atoms with van der Waals surface area (Å²) < 4.78 is 5.75. The van der Waals surface area contributed by atoms with Crippen molar-refractivity contribution in [2.24, 2.45) is 0 Å². The molecule has 0 radical (unpaired) electrons. The molecule has 0 saturated heterocycles. The normalized spacial score (nSPS) is 16.8. The number of anilines is 1. The second-order valence-corrected chi connectivity index (χ2v) is 5.49. The number of ether oxygens (including phenoxy) is 1. The first-order chi connectivity index (χ1) is 8.81. The molecule has 1 aromatic carbocycles. The number of nitrogens with zero attached hydrogens (tertiary/aromatic N) is 1. The molecule has 4 heteroatoms. The number of rotatable bonds is 3. The Kier molecular flexibility index (Phi) is 3.35. The molecule has 102 valence electrons. The monoisotopic (exact) mass is 261 g/mol. The average molecular weight is 261 g/mol. The smallest absolute Gasteiger partial charge is 0.270 e. The summed E-state index contributed by atoms with van der Waals surface area (Å²) in [6.07, 6.45) is 0.356. The van der Waals surface area contributed by atoms with E-state index in [1.165, 1.54) is 6.92 Å². The van der Waals surface area contributed by atoms with Crippen LogP contribution in [0.1, 0.15) is 32.8 Å². The van der Waals surface area contributed by atoms with E-state index in [4.69, 9.17) is 4.74 Å². The predicted octanol–water partition coefficient (Wildman–Crippen LogP) is 2.48. The molecule has 19 heavy (non-hydrogen) atoms. The minimum Gasteiger partial charge on any atom is -0.476 e. The second kappa shape index (κ2) is 4.68. The van der Waals surface area contributed by atoms with E-state index in [9.17, 15) is 9.59 Å². The zero-order valence-electron chi connectivity index (χ0n) is 11.8. The van der Waals surface area contributed by atoms with E-state index in [0.717, 1.165) is 11.3 Å². The van der Waals surface area contributed by atoms with Gasteiger partial charge in [0.15, 0.2) is 5.60 Å². The van der Waals surface area contributed by atoms with Crippen LogP contribution in [0.4, 0.5) is 5.69 Å². The molecular formula is C15H19NO3. The molecule has 0 spiro atoms. The van der Waals surface area contributed by atoms with Crippen LogP contribution < -0.4 is 9.64 Å². The first-order valence-electron chi connectivity index (χ1n) is 6.42. The largest absolute Gasteiger partial charge is 0.476 e. The summed E-state index contributed by atoms with van der Waals surface area (Å²) in [6, 6.07) is 5.75. The predicted molar refractivity (Wildman–Crippen MR) is 73.5 cm³/mol. The summed E-state index contributed by atoms with van der Waals surface area (Å²) in [6.45, 7) is 7.40. The van der Waals surface area contributed by atoms with E-state index in [0.29, 0.717) is 18.7 Å². The maximum Gasteiger partial charge on any atom is 0.270 e. The Labute approximate surface area is 113 Å². The maximum atomic E-state index is 12.4. The minimum atomic E-state index is -0.890. The third-order valence-electron chi connectivity index (χ3n) is 3.22. The quantitative estimate of drug-likeness (QED) is 0.839. The molecule has 1 heterocycles. The van der Waals surface area contributed by atoms with Crippen molar-refractivity contribution < 1.29 is 14.3 Å². The summed E-state index contributed by atoms with van der Waals surface area (Å²) in [5.74, 6) is 0.664. The van der Waals surface area contributed by atoms with Gasteiger partial charge in [-0.3, -0.25) is 9.59 Å². The SMILES string of the molecule is CC(=O)CCN1C(=O)C(C)(C)Oc2ccc(C)cc21. The van der Waals surface area contributed by atoms with E-state index in [-0.39, 0.29) is 11.7 Å². The van der Waals surface area contributed by atoms with Gasteiger partial charge in [0.05, 0.1) is 5.69 Å². The van der Waals surface area contributed by atoms with Gasteiger partial charge in [-0.05, 0) is 45.4 Å². The van der Waals surface area contributed by atoms with Gasteiger partial charge in [0, 0.05) is 13.0 Å². The van der Waals surface area contributed by atoms with Crippen molar-refractivity contribution in [2.75, 3.05) is 11.4 Å². The molecule has 1 amide bonds. The van der Waals surface area contributed by atoms with Crippen LogP contribution >= 0.6 is 0 Å². The standard InChI is InChI=1S/C15H19NO3/c1-10-5-6-13-12(9-10)16(8-7-11(2)17)14(18)15(3,4)19-13/h5-6,9H,7-8H2,1-4H3. The van der Waals surface area contributed by atoms with Gasteiger partial charge in [-0.1, -0.05) is 6.07 Å². The number of carbonyl (C=O) groups is 2. The van der Waals surface area contributed by atoms with E-state index in [1.807, 2.05) is 25.1 Å². The Balaban J connectivity index is 2.41. The molecule has 0 bridgehead atoms. The Bertz CT molecular complexity index is 534. The number of Topliss-reactive ketones (excluding diaryl/α,β-unsaturated/α-hetero) is 1. The zero-order chi connectivity index (χ0) is 14.2. The van der Waals surface area contributed by atoms with Crippen molar-refractivity contribution in [2.45, 2.75) is 39.7 Å². The number of hydrogen-bond donors (Lipinski definition) is 0. The molecule has 0 aromatic heterocycles. The van der Waals surface area contributed by atoms with Crippen molar-refractivity contribution in [1.29, 1.82) is 0 Å². The molecule has 0 aliphatic carbocycles. The van der Waals surface area contributed by atoms with Gasteiger partial charge in [0.2, 0.25) is 0 Å². The Morgan fingerprint density at radius 1 is 1.37 bits per heavy atom. The molecule has 0 atom stereocenters. The zero-order valence-corrected chi connectivity index (χ0v) is 11.8. The van der Waals surface area contributed by atoms with Crippen LogP contribution in [-0.4, -0.2) is 23.8 Å². The number of fused-ring (bicyclic) bond motifs is 1. The van der Waals surface area contributed by atoms with Crippen molar-refractivity contribution in [3.63, 3.8) is 0 Å². The van der Waals surface area contributed by atoms with Crippen molar-refractivity contribution in [1.82, 2.24) is 0 Å². The molecule has 0 fully saturated rings. The molecule has 0 N–H and O–H groups in total. The highest BCUT2D eigenvalue weighted by atomic mass is 16.5. The number of hydrogen-bond acceptors (Lipinski definition) is 3. The molecule has 0 saturated carbocycles. The van der Waals surface area contributed by atoms with Gasteiger partial charge in [0.25, 0.3) is 5.91 Å². The van der Waals surface area contributed by atoms with Gasteiger partial charge in [0.1, 0.15) is 11.5 Å². The fraction of sp³-hybridized carbons (Fsp3) is 0.467. The van der Waals surface area contributed by atoms with Crippen LogP contribution in [0.15, 0.2) is 18.2 Å². The van der Waals surface area contributed by atoms with Gasteiger partial charge in [-0.15, -0.1) is 0 Å². The summed E-state index contributed by atoms with van der Waals surface area (Å²) in [7, 11) is 0. The number of amides is 1. The number of carbonyl (C=O) groups excluding carboxylic acids is 2. The van der Waals surface area contributed by atoms with Gasteiger partial charge >= 0.3 is 0 Å². The molecule has 1 aromatic rings. The lowest BCUT2D eigenvalue weighted by Gasteiger charge is -2.38. The Hall–Kier alpha value is -1.84. The molecule has 1 aliphatic rings. The second-order valence-electron chi connectivity index (χ2n) is 5.49. The van der Waals surface area contributed by atoms with Gasteiger partial charge in [-0.2, -0.15) is 0 Å². The van der Waals surface area contributed by atoms with E-state index in [1.54, 1.807) is 18.7 Å².